The van der Waals surface area contributed by atoms with Gasteiger partial charge in [0.1, 0.15) is 5.01 Å². The Bertz CT molecular complexity index is 483. The topological polar surface area (TPSA) is 54.9 Å². The van der Waals surface area contributed by atoms with E-state index in [4.69, 9.17) is 11.6 Å². The van der Waals surface area contributed by atoms with E-state index in [1.54, 1.807) is 11.7 Å². The van der Waals surface area contributed by atoms with Crippen molar-refractivity contribution in [3.05, 3.63) is 32.7 Å². The number of nitrogens with one attached hydrogen (secondary N) is 1. The van der Waals surface area contributed by atoms with Crippen molar-refractivity contribution in [2.24, 2.45) is 0 Å². The van der Waals surface area contributed by atoms with Crippen molar-refractivity contribution in [2.75, 3.05) is 0 Å². The molecule has 2 heterocycles. The number of carbonyl (C=O) groups is 1. The fraction of sp³-hybridized carbons (Fsp3) is 0.300. The van der Waals surface area contributed by atoms with Gasteiger partial charge < -0.3 is 5.32 Å². The van der Waals surface area contributed by atoms with E-state index in [-0.39, 0.29) is 5.91 Å². The minimum absolute atomic E-state index is 0.0335. The number of hydrogen-bond donors (Lipinski definition) is 1. The average molecular weight is 288 g/mol. The van der Waals surface area contributed by atoms with Gasteiger partial charge >= 0.3 is 0 Å². The van der Waals surface area contributed by atoms with Crippen LogP contribution in [0.4, 0.5) is 0 Å². The first kappa shape index (κ1) is 12.5. The lowest BCUT2D eigenvalue weighted by molar-refractivity contribution is -0.120. The van der Waals surface area contributed by atoms with Gasteiger partial charge in [0.2, 0.25) is 5.91 Å². The van der Waals surface area contributed by atoms with Crippen molar-refractivity contribution in [2.45, 2.75) is 18.8 Å². The van der Waals surface area contributed by atoms with Crippen LogP contribution in [0.25, 0.3) is 0 Å². The Balaban J connectivity index is 1.81. The van der Waals surface area contributed by atoms with Crippen molar-refractivity contribution >= 4 is 40.2 Å². The molecule has 1 N–H and O–H groups in total. The highest BCUT2D eigenvalue weighted by Gasteiger charge is 2.07. The van der Waals surface area contributed by atoms with E-state index in [2.05, 4.69) is 15.3 Å². The lowest BCUT2D eigenvalue weighted by Crippen LogP contribution is -2.24. The molecule has 0 fully saturated rings. The van der Waals surface area contributed by atoms with E-state index in [1.165, 1.54) is 22.7 Å². The molecular weight excluding hydrogens is 278 g/mol. The monoisotopic (exact) mass is 287 g/mol. The molecule has 0 aliphatic rings. The SMILES string of the molecule is O=C(Cc1nc(CCl)cs1)NCc1cncs1. The molecule has 0 aromatic carbocycles. The molecular formula is C10H10ClN3OS2. The molecule has 0 saturated carbocycles. The van der Waals surface area contributed by atoms with Crippen LogP contribution in [0.1, 0.15) is 15.6 Å². The van der Waals surface area contributed by atoms with E-state index >= 15 is 0 Å². The molecule has 0 unspecified atom stereocenters. The smallest absolute Gasteiger partial charge is 0.227 e. The number of nitrogens with zero attached hydrogens (tertiary/aromatic N) is 2. The number of aromatic nitrogens is 2. The Hall–Kier alpha value is -0.980. The maximum atomic E-state index is 11.6. The van der Waals surface area contributed by atoms with Crippen molar-refractivity contribution < 1.29 is 4.79 Å². The van der Waals surface area contributed by atoms with E-state index in [9.17, 15) is 4.79 Å². The summed E-state index contributed by atoms with van der Waals surface area (Å²) in [6.07, 6.45) is 2.06. The standard InChI is InChI=1S/C10H10ClN3OS2/c11-2-7-5-16-10(14-7)1-9(15)13-4-8-3-12-6-17-8/h3,5-6H,1-2,4H2,(H,13,15). The molecule has 7 heteroatoms. The van der Waals surface area contributed by atoms with Crippen LogP contribution in [-0.2, 0) is 23.6 Å². The van der Waals surface area contributed by atoms with Crippen LogP contribution in [0.15, 0.2) is 17.1 Å². The molecule has 0 bridgehead atoms. The van der Waals surface area contributed by atoms with Crippen LogP contribution in [-0.4, -0.2) is 15.9 Å². The molecule has 0 radical (unpaired) electrons. The lowest BCUT2D eigenvalue weighted by Gasteiger charge is -2.00. The number of carbonyl (C=O) groups excluding carboxylic acids is 1. The lowest BCUT2D eigenvalue weighted by atomic mass is 10.4. The van der Waals surface area contributed by atoms with Gasteiger partial charge in [0.15, 0.2) is 0 Å². The van der Waals surface area contributed by atoms with Gasteiger partial charge in [-0.25, -0.2) is 4.98 Å². The maximum absolute atomic E-state index is 11.6. The number of hydrogen-bond acceptors (Lipinski definition) is 5. The fourth-order valence-electron chi connectivity index (χ4n) is 1.21. The average Bonchev–Trinajstić information content (AvgIpc) is 2.97. The summed E-state index contributed by atoms with van der Waals surface area (Å²) in [5, 5.41) is 5.49. The van der Waals surface area contributed by atoms with Gasteiger partial charge in [0.25, 0.3) is 0 Å². The zero-order chi connectivity index (χ0) is 12.1. The van der Waals surface area contributed by atoms with Gasteiger partial charge in [-0.15, -0.1) is 34.3 Å². The van der Waals surface area contributed by atoms with Crippen LogP contribution in [0, 0.1) is 0 Å². The number of halogens is 1. The zero-order valence-corrected chi connectivity index (χ0v) is 11.2. The molecule has 2 aromatic heterocycles. The zero-order valence-electron chi connectivity index (χ0n) is 8.85. The summed E-state index contributed by atoms with van der Waals surface area (Å²) in [4.78, 5) is 20.8. The van der Waals surface area contributed by atoms with Crippen molar-refractivity contribution in [3.63, 3.8) is 0 Å². The summed E-state index contributed by atoms with van der Waals surface area (Å²) in [7, 11) is 0. The van der Waals surface area contributed by atoms with Gasteiger partial charge in [0, 0.05) is 16.5 Å². The highest BCUT2D eigenvalue weighted by Crippen LogP contribution is 2.12. The van der Waals surface area contributed by atoms with Gasteiger partial charge in [-0.1, -0.05) is 0 Å². The van der Waals surface area contributed by atoms with Crippen LogP contribution >= 0.6 is 34.3 Å². The normalized spacial score (nSPS) is 10.4. The third kappa shape index (κ3) is 3.76. The quantitative estimate of drug-likeness (QED) is 0.858. The van der Waals surface area contributed by atoms with Gasteiger partial charge in [-0.05, 0) is 0 Å². The van der Waals surface area contributed by atoms with Crippen molar-refractivity contribution in [1.82, 2.24) is 15.3 Å². The minimum atomic E-state index is -0.0335. The van der Waals surface area contributed by atoms with E-state index in [0.29, 0.717) is 18.8 Å². The third-order valence-corrected chi connectivity index (χ3v) is 3.94. The van der Waals surface area contributed by atoms with E-state index < -0.39 is 0 Å². The number of rotatable bonds is 5. The molecule has 0 aliphatic heterocycles. The van der Waals surface area contributed by atoms with Crippen LogP contribution in [0.5, 0.6) is 0 Å². The first-order chi connectivity index (χ1) is 8.28. The summed E-state index contributed by atoms with van der Waals surface area (Å²) in [5.41, 5.74) is 2.57. The Morgan fingerprint density at radius 3 is 3.00 bits per heavy atom. The van der Waals surface area contributed by atoms with Crippen molar-refractivity contribution in [1.29, 1.82) is 0 Å². The summed E-state index contributed by atoms with van der Waals surface area (Å²) in [6, 6.07) is 0. The molecule has 2 aromatic rings. The predicted molar refractivity (Wildman–Crippen MR) is 69.3 cm³/mol. The second-order valence-electron chi connectivity index (χ2n) is 3.29. The summed E-state index contributed by atoms with van der Waals surface area (Å²) in [6.45, 7) is 0.525. The fourth-order valence-corrected chi connectivity index (χ4v) is 2.76. The van der Waals surface area contributed by atoms with Crippen LogP contribution in [0.2, 0.25) is 0 Å². The molecule has 0 spiro atoms. The number of alkyl halides is 1. The minimum Gasteiger partial charge on any atom is -0.351 e. The largest absolute Gasteiger partial charge is 0.351 e. The Labute approximate surface area is 112 Å². The highest BCUT2D eigenvalue weighted by atomic mass is 35.5. The molecule has 0 aliphatic carbocycles. The molecule has 4 nitrogen and oxygen atoms in total. The first-order valence-electron chi connectivity index (χ1n) is 4.91. The summed E-state index contributed by atoms with van der Waals surface area (Å²) < 4.78 is 0. The molecule has 90 valence electrons. The van der Waals surface area contributed by atoms with Crippen molar-refractivity contribution in [3.8, 4) is 0 Å². The predicted octanol–water partition coefficient (Wildman–Crippen LogP) is 2.20. The second kappa shape index (κ2) is 6.09. The van der Waals surface area contributed by atoms with E-state index in [1.807, 2.05) is 5.38 Å². The Kier molecular flexibility index (Phi) is 4.47. The van der Waals surface area contributed by atoms with Crippen LogP contribution in [0.3, 0.4) is 0 Å². The summed E-state index contributed by atoms with van der Waals surface area (Å²) >= 11 is 8.63. The molecule has 17 heavy (non-hydrogen) atoms. The molecule has 2 rings (SSSR count). The van der Waals surface area contributed by atoms with Gasteiger partial charge in [-0.2, -0.15) is 0 Å². The molecule has 1 amide bonds. The van der Waals surface area contributed by atoms with E-state index in [0.717, 1.165) is 15.6 Å². The Morgan fingerprint density at radius 2 is 2.35 bits per heavy atom. The third-order valence-electron chi connectivity index (χ3n) is 1.99. The maximum Gasteiger partial charge on any atom is 0.227 e. The van der Waals surface area contributed by atoms with Crippen LogP contribution < -0.4 is 5.32 Å². The summed E-state index contributed by atoms with van der Waals surface area (Å²) in [5.74, 6) is 0.354. The number of thiazole rings is 2. The molecule has 0 atom stereocenters. The van der Waals surface area contributed by atoms with Gasteiger partial charge in [-0.3, -0.25) is 9.78 Å². The second-order valence-corrected chi connectivity index (χ2v) is 5.47. The van der Waals surface area contributed by atoms with Gasteiger partial charge in [0.05, 0.1) is 30.1 Å². The Morgan fingerprint density at radius 1 is 1.47 bits per heavy atom. The molecule has 0 saturated heterocycles. The number of amides is 1. The highest BCUT2D eigenvalue weighted by molar-refractivity contribution is 7.10. The first-order valence-corrected chi connectivity index (χ1v) is 7.20.